The molecule has 200 valence electrons. The number of halogens is 21. The fraction of sp³-hybridized carbons (Fsp3) is 1.00. The van der Waals surface area contributed by atoms with Gasteiger partial charge in [-0.25, -0.2) is 13.2 Å². The van der Waals surface area contributed by atoms with Gasteiger partial charge in [0.05, 0.1) is 0 Å². The summed E-state index contributed by atoms with van der Waals surface area (Å²) >= 11 is 0. The van der Waals surface area contributed by atoms with Gasteiger partial charge in [0.25, 0.3) is 11.5 Å². The third kappa shape index (κ3) is 1.71. The van der Waals surface area contributed by atoms with E-state index in [9.17, 15) is 92.2 Å². The van der Waals surface area contributed by atoms with Gasteiger partial charge < -0.3 is 0 Å². The Morgan fingerprint density at radius 1 is 0.265 bits per heavy atom. The van der Waals surface area contributed by atoms with E-state index in [2.05, 4.69) is 0 Å². The molecule has 34 heavy (non-hydrogen) atoms. The lowest BCUT2D eigenvalue weighted by Gasteiger charge is -2.69. The molecule has 4 atom stereocenters. The van der Waals surface area contributed by atoms with E-state index >= 15 is 0 Å². The third-order valence-corrected chi connectivity index (χ3v) is 5.84. The molecule has 2 heterocycles. The van der Waals surface area contributed by atoms with E-state index < -0.39 is 75.6 Å². The summed E-state index contributed by atoms with van der Waals surface area (Å²) in [5, 5.41) is 0. The quantitative estimate of drug-likeness (QED) is 0.260. The summed E-state index contributed by atoms with van der Waals surface area (Å²) < 4.78 is 293. The number of rotatable bonds is 0. The standard InChI is InChI=1S/C12F21N/c13-1-3(15,16)2(14)5(19,20)9(27,28)12(32,33)34(11(2,30)31)10(1,29)8(25,26)7(23,24)6(21,22)4(1,17)18. The van der Waals surface area contributed by atoms with Crippen molar-refractivity contribution in [3.63, 3.8) is 0 Å². The van der Waals surface area contributed by atoms with Crippen LogP contribution in [0.4, 0.5) is 92.2 Å². The zero-order valence-electron chi connectivity index (χ0n) is 14.4. The number of hydrogen-bond donors (Lipinski definition) is 0. The summed E-state index contributed by atoms with van der Waals surface area (Å²) in [6, 6.07) is -16.8. The van der Waals surface area contributed by atoms with Crippen molar-refractivity contribution in [3.8, 4) is 0 Å². The van der Waals surface area contributed by atoms with Crippen molar-refractivity contribution in [1.82, 2.24) is 4.90 Å². The van der Waals surface area contributed by atoms with E-state index in [4.69, 9.17) is 0 Å². The summed E-state index contributed by atoms with van der Waals surface area (Å²) in [7, 11) is 0. The van der Waals surface area contributed by atoms with Crippen molar-refractivity contribution in [3.05, 3.63) is 0 Å². The van der Waals surface area contributed by atoms with Crippen molar-refractivity contribution in [2.24, 2.45) is 0 Å². The molecule has 0 radical (unpaired) electrons. The van der Waals surface area contributed by atoms with E-state index in [0.717, 1.165) is 0 Å². The van der Waals surface area contributed by atoms with E-state index in [1.165, 1.54) is 0 Å². The Morgan fingerprint density at radius 3 is 0.971 bits per heavy atom. The van der Waals surface area contributed by atoms with Crippen LogP contribution < -0.4 is 0 Å². The molecular formula is C12F21N. The van der Waals surface area contributed by atoms with Gasteiger partial charge in [0, 0.05) is 0 Å². The molecule has 22 heteroatoms. The molecule has 1 nitrogen and oxygen atoms in total. The van der Waals surface area contributed by atoms with E-state index in [0.29, 0.717) is 0 Å². The fourth-order valence-electron chi connectivity index (χ4n) is 4.02. The van der Waals surface area contributed by atoms with Crippen LogP contribution in [0, 0.1) is 0 Å². The monoisotopic (exact) mass is 557 g/mol. The lowest BCUT2D eigenvalue weighted by atomic mass is 9.56. The number of hydrogen-bond acceptors (Lipinski definition) is 1. The number of nitrogens with zero attached hydrogens (tertiary/aromatic N) is 1. The Hall–Kier alpha value is -1.51. The average Bonchev–Trinajstić information content (AvgIpc) is 2.61. The fourth-order valence-corrected chi connectivity index (χ4v) is 4.02. The molecule has 3 aliphatic rings. The average molecular weight is 557 g/mol. The molecular weight excluding hydrogens is 557 g/mol. The molecule has 2 aliphatic heterocycles. The molecule has 2 saturated heterocycles. The minimum atomic E-state index is -8.99. The van der Waals surface area contributed by atoms with Crippen molar-refractivity contribution in [2.75, 3.05) is 0 Å². The summed E-state index contributed by atoms with van der Waals surface area (Å²) in [6.45, 7) is 0. The van der Waals surface area contributed by atoms with E-state index in [1.54, 1.807) is 0 Å². The van der Waals surface area contributed by atoms with Gasteiger partial charge in [-0.2, -0.15) is 79.0 Å². The van der Waals surface area contributed by atoms with Crippen LogP contribution in [0.1, 0.15) is 0 Å². The van der Waals surface area contributed by atoms with Crippen LogP contribution >= 0.6 is 0 Å². The maximum absolute atomic E-state index is 15.0. The highest BCUT2D eigenvalue weighted by Gasteiger charge is 3.17. The van der Waals surface area contributed by atoms with Crippen LogP contribution in [-0.2, 0) is 0 Å². The Morgan fingerprint density at radius 2 is 0.588 bits per heavy atom. The Bertz CT molecular complexity index is 936. The highest BCUT2D eigenvalue weighted by Crippen LogP contribution is 2.83. The highest BCUT2D eigenvalue weighted by molar-refractivity contribution is 5.43. The molecule has 1 aliphatic carbocycles. The second-order valence-electron chi connectivity index (χ2n) is 7.38. The zero-order chi connectivity index (χ0) is 27.6. The molecule has 4 unspecified atom stereocenters. The van der Waals surface area contributed by atoms with Gasteiger partial charge in [-0.3, -0.25) is 0 Å². The molecule has 0 amide bonds. The molecule has 3 rings (SSSR count). The zero-order valence-corrected chi connectivity index (χ0v) is 14.4. The number of piperidine rings is 2. The predicted molar refractivity (Wildman–Crippen MR) is 57.9 cm³/mol. The normalized spacial score (nSPS) is 47.4. The predicted octanol–water partition coefficient (Wildman–Crippen LogP) is 6.04. The first kappa shape index (κ1) is 27.1. The highest BCUT2D eigenvalue weighted by atomic mass is 19.4. The summed E-state index contributed by atoms with van der Waals surface area (Å²) in [4.78, 5) is -4.72. The number of fused-ring (bicyclic) bond motifs is 4. The minimum Gasteiger partial charge on any atom is -0.224 e. The molecule has 0 aromatic rings. The SMILES string of the molecule is FC1(F)N2C(F)(F)C(F)(C(F)(F)C1(F)F)C(F)(F)C1(F)C(F)(F)C(F)(F)C(F)(F)C(F)(F)C21F. The Balaban J connectivity index is 2.74. The van der Waals surface area contributed by atoms with Crippen molar-refractivity contribution in [2.45, 2.75) is 70.7 Å². The van der Waals surface area contributed by atoms with E-state index in [1.807, 2.05) is 0 Å². The van der Waals surface area contributed by atoms with Gasteiger partial charge in [-0.05, 0) is 0 Å². The Labute approximate surface area is 169 Å². The molecule has 3 fully saturated rings. The molecule has 2 bridgehead atoms. The molecule has 0 N–H and O–H groups in total. The van der Waals surface area contributed by atoms with Crippen LogP contribution in [0.5, 0.6) is 0 Å². The van der Waals surface area contributed by atoms with Crippen LogP contribution in [0.25, 0.3) is 0 Å². The Kier molecular flexibility index (Phi) is 4.32. The molecule has 0 aromatic heterocycles. The van der Waals surface area contributed by atoms with Gasteiger partial charge in [0.2, 0.25) is 0 Å². The largest absolute Gasteiger partial charge is 0.390 e. The van der Waals surface area contributed by atoms with Crippen molar-refractivity contribution < 1.29 is 92.2 Å². The van der Waals surface area contributed by atoms with Gasteiger partial charge in [-0.1, -0.05) is 0 Å². The molecule has 1 saturated carbocycles. The summed E-state index contributed by atoms with van der Waals surface area (Å²) in [5.74, 6) is -69.0. The maximum atomic E-state index is 15.0. The maximum Gasteiger partial charge on any atom is 0.390 e. The van der Waals surface area contributed by atoms with Crippen LogP contribution in [-0.4, -0.2) is 75.6 Å². The molecule has 0 aromatic carbocycles. The number of alkyl halides is 21. The van der Waals surface area contributed by atoms with Crippen LogP contribution in [0.15, 0.2) is 0 Å². The van der Waals surface area contributed by atoms with Gasteiger partial charge in [0.1, 0.15) is 0 Å². The first-order chi connectivity index (χ1) is 14.4. The lowest BCUT2D eigenvalue weighted by molar-refractivity contribution is -0.615. The third-order valence-electron chi connectivity index (χ3n) is 5.84. The van der Waals surface area contributed by atoms with Crippen molar-refractivity contribution >= 4 is 0 Å². The lowest BCUT2D eigenvalue weighted by Crippen LogP contribution is -3.04. The first-order valence-corrected chi connectivity index (χ1v) is 7.64. The topological polar surface area (TPSA) is 3.24 Å². The van der Waals surface area contributed by atoms with Gasteiger partial charge in [0.15, 0.2) is 0 Å². The van der Waals surface area contributed by atoms with Crippen molar-refractivity contribution in [1.29, 1.82) is 0 Å². The second kappa shape index (κ2) is 5.42. The second-order valence-corrected chi connectivity index (χ2v) is 7.38. The summed E-state index contributed by atoms with van der Waals surface area (Å²) in [5.41, 5.74) is -17.6. The van der Waals surface area contributed by atoms with Crippen LogP contribution in [0.2, 0.25) is 0 Å². The summed E-state index contributed by atoms with van der Waals surface area (Å²) in [6.07, 6.45) is 0. The van der Waals surface area contributed by atoms with Gasteiger partial charge >= 0.3 is 59.2 Å². The molecule has 0 spiro atoms. The smallest absolute Gasteiger partial charge is 0.224 e. The van der Waals surface area contributed by atoms with Gasteiger partial charge in [-0.15, -0.1) is 4.90 Å². The van der Waals surface area contributed by atoms with Crippen LogP contribution in [0.3, 0.4) is 0 Å². The van der Waals surface area contributed by atoms with E-state index in [-0.39, 0.29) is 0 Å². The first-order valence-electron chi connectivity index (χ1n) is 7.64. The minimum absolute atomic E-state index is 4.72.